The number of rotatable bonds is 6. The highest BCUT2D eigenvalue weighted by Gasteiger charge is 2.26. The molecule has 1 aliphatic rings. The maximum Gasteiger partial charge on any atom is 0.412 e. The molecule has 29 heavy (non-hydrogen) atoms. The zero-order chi connectivity index (χ0) is 21.3. The van der Waals surface area contributed by atoms with E-state index >= 15 is 0 Å². The number of carbonyl (C=O) groups is 1. The molecule has 3 rings (SSSR count). The zero-order valence-electron chi connectivity index (χ0n) is 17.0. The van der Waals surface area contributed by atoms with E-state index in [-0.39, 0.29) is 6.61 Å². The van der Waals surface area contributed by atoms with Crippen LogP contribution < -0.4 is 20.1 Å². The van der Waals surface area contributed by atoms with Crippen LogP contribution in [0.3, 0.4) is 0 Å². The quantitative estimate of drug-likeness (QED) is 0.712. The number of fused-ring (bicyclic) bond motifs is 3. The Morgan fingerprint density at radius 1 is 1.45 bits per heavy atom. The lowest BCUT2D eigenvalue weighted by Crippen LogP contribution is -2.43. The van der Waals surface area contributed by atoms with Gasteiger partial charge in [-0.05, 0) is 37.0 Å². The van der Waals surface area contributed by atoms with Crippen LogP contribution in [0.1, 0.15) is 32.8 Å². The van der Waals surface area contributed by atoms with Crippen molar-refractivity contribution >= 4 is 23.5 Å². The lowest BCUT2D eigenvalue weighted by molar-refractivity contribution is 0.203. The monoisotopic (exact) mass is 419 g/mol. The van der Waals surface area contributed by atoms with Crippen molar-refractivity contribution in [1.82, 2.24) is 4.98 Å². The molecule has 0 saturated heterocycles. The molecule has 0 fully saturated rings. The predicted octanol–water partition coefficient (Wildman–Crippen LogP) is 4.55. The molecular weight excluding hydrogens is 394 g/mol. The Bertz CT molecular complexity index is 930. The van der Waals surface area contributed by atoms with Gasteiger partial charge in [-0.1, -0.05) is 31.5 Å². The average molecular weight is 420 g/mol. The molecule has 1 atom stereocenters. The van der Waals surface area contributed by atoms with Gasteiger partial charge in [0, 0.05) is 23.7 Å². The Hall–Kier alpha value is -2.51. The van der Waals surface area contributed by atoms with Crippen LogP contribution in [0, 0.1) is 5.92 Å². The van der Waals surface area contributed by atoms with Crippen LogP contribution >= 0.6 is 11.6 Å². The van der Waals surface area contributed by atoms with Crippen LogP contribution in [-0.2, 0) is 6.61 Å². The molecule has 2 heterocycles. The molecule has 1 aromatic carbocycles. The van der Waals surface area contributed by atoms with Gasteiger partial charge in [-0.2, -0.15) is 0 Å². The van der Waals surface area contributed by atoms with Crippen molar-refractivity contribution in [3.8, 4) is 22.6 Å². The van der Waals surface area contributed by atoms with Gasteiger partial charge in [0.1, 0.15) is 30.5 Å². The van der Waals surface area contributed by atoms with Gasteiger partial charge >= 0.3 is 6.09 Å². The van der Waals surface area contributed by atoms with Crippen molar-refractivity contribution in [1.29, 1.82) is 0 Å². The molecule has 0 bridgehead atoms. The first kappa shape index (κ1) is 21.2. The van der Waals surface area contributed by atoms with E-state index in [2.05, 4.69) is 18.8 Å². The summed E-state index contributed by atoms with van der Waals surface area (Å²) < 4.78 is 11.7. The minimum atomic E-state index is -1.09. The molecule has 0 aliphatic carbocycles. The van der Waals surface area contributed by atoms with Gasteiger partial charge in [0.2, 0.25) is 0 Å². The summed E-state index contributed by atoms with van der Waals surface area (Å²) in [5, 5.41) is 9.67. The van der Waals surface area contributed by atoms with Crippen molar-refractivity contribution in [3.63, 3.8) is 0 Å². The number of halogens is 1. The summed E-state index contributed by atoms with van der Waals surface area (Å²) in [6.07, 6.45) is 1.26. The van der Waals surface area contributed by atoms with Crippen molar-refractivity contribution in [2.75, 3.05) is 18.6 Å². The molecule has 0 radical (unpaired) electrons. The molecule has 0 spiro atoms. The number of amides is 1. The second-order valence-corrected chi connectivity index (χ2v) is 8.49. The summed E-state index contributed by atoms with van der Waals surface area (Å²) in [5.41, 5.74) is 8.26. The van der Waals surface area contributed by atoms with Crippen molar-refractivity contribution < 1.29 is 19.4 Å². The minimum absolute atomic E-state index is 0.278. The Labute approximate surface area is 175 Å². The fraction of sp³-hybridized carbons (Fsp3) is 0.429. The van der Waals surface area contributed by atoms with E-state index in [4.69, 9.17) is 26.8 Å². The number of nitrogens with zero attached hydrogens (tertiary/aromatic N) is 2. The number of ether oxygens (including phenoxy) is 2. The van der Waals surface area contributed by atoms with E-state index in [9.17, 15) is 9.90 Å². The van der Waals surface area contributed by atoms with E-state index in [1.165, 1.54) is 13.2 Å². The summed E-state index contributed by atoms with van der Waals surface area (Å²) in [6.45, 7) is 6.83. The van der Waals surface area contributed by atoms with Crippen LogP contribution in [0.25, 0.3) is 11.1 Å². The van der Waals surface area contributed by atoms with Crippen LogP contribution in [0.2, 0.25) is 5.02 Å². The Balaban J connectivity index is 1.90. The number of carboxylic acid groups (broad SMARTS) is 1. The maximum absolute atomic E-state index is 11.2. The Kier molecular flexibility index (Phi) is 5.91. The summed E-state index contributed by atoms with van der Waals surface area (Å²) in [4.78, 5) is 16.4. The second kappa shape index (κ2) is 8.08. The smallest absolute Gasteiger partial charge is 0.412 e. The number of nitrogens with two attached hydrogens (primary N) is 1. The average Bonchev–Trinajstić information content (AvgIpc) is 2.65. The first-order valence-electron chi connectivity index (χ1n) is 9.42. The third-order valence-electron chi connectivity index (χ3n) is 4.79. The Morgan fingerprint density at radius 3 is 2.83 bits per heavy atom. The number of hydrogen-bond acceptors (Lipinski definition) is 5. The lowest BCUT2D eigenvalue weighted by Gasteiger charge is -2.28. The molecule has 7 nitrogen and oxygen atoms in total. The molecule has 156 valence electrons. The molecule has 3 N–H and O–H groups in total. The van der Waals surface area contributed by atoms with Gasteiger partial charge in [0.05, 0.1) is 11.2 Å². The van der Waals surface area contributed by atoms with Crippen molar-refractivity contribution in [2.45, 2.75) is 39.3 Å². The first-order valence-corrected chi connectivity index (χ1v) is 9.80. The first-order chi connectivity index (χ1) is 13.6. The van der Waals surface area contributed by atoms with E-state index in [1.807, 2.05) is 19.1 Å². The highest BCUT2D eigenvalue weighted by Crippen LogP contribution is 2.44. The van der Waals surface area contributed by atoms with Crippen LogP contribution in [0.4, 0.5) is 10.6 Å². The molecule has 1 aromatic heterocycles. The lowest BCUT2D eigenvalue weighted by atomic mass is 9.93. The van der Waals surface area contributed by atoms with Gasteiger partial charge in [-0.3, -0.25) is 4.90 Å². The van der Waals surface area contributed by atoms with E-state index in [0.717, 1.165) is 28.0 Å². The minimum Gasteiger partial charge on any atom is -0.490 e. The number of benzene rings is 1. The summed E-state index contributed by atoms with van der Waals surface area (Å²) in [7, 11) is 1.44. The van der Waals surface area contributed by atoms with E-state index in [0.29, 0.717) is 34.9 Å². The van der Waals surface area contributed by atoms with Crippen LogP contribution in [0.5, 0.6) is 11.5 Å². The highest BCUT2D eigenvalue weighted by atomic mass is 35.5. The molecular formula is C21H26ClN3O4. The highest BCUT2D eigenvalue weighted by molar-refractivity contribution is 6.33. The SMILES string of the molecule is CC(C)C[C@](C)(N)COc1ccc2c(c1Cl)COc1cnc(N(C)C(=O)O)cc1-2. The van der Waals surface area contributed by atoms with Gasteiger partial charge in [-0.15, -0.1) is 0 Å². The largest absolute Gasteiger partial charge is 0.490 e. The summed E-state index contributed by atoms with van der Waals surface area (Å²) in [5.74, 6) is 1.90. The van der Waals surface area contributed by atoms with Gasteiger partial charge < -0.3 is 20.3 Å². The molecule has 1 aliphatic heterocycles. The zero-order valence-corrected chi connectivity index (χ0v) is 17.8. The molecule has 1 amide bonds. The summed E-state index contributed by atoms with van der Waals surface area (Å²) in [6, 6.07) is 5.39. The van der Waals surface area contributed by atoms with Gasteiger partial charge in [-0.25, -0.2) is 9.78 Å². The van der Waals surface area contributed by atoms with Gasteiger partial charge in [0.15, 0.2) is 0 Å². The fourth-order valence-corrected chi connectivity index (χ4v) is 3.80. The molecule has 8 heteroatoms. The maximum atomic E-state index is 11.2. The molecule has 0 unspecified atom stereocenters. The molecule has 0 saturated carbocycles. The number of anilines is 1. The topological polar surface area (TPSA) is 97.9 Å². The van der Waals surface area contributed by atoms with Crippen molar-refractivity contribution in [2.24, 2.45) is 11.7 Å². The van der Waals surface area contributed by atoms with E-state index in [1.54, 1.807) is 6.07 Å². The summed E-state index contributed by atoms with van der Waals surface area (Å²) >= 11 is 6.61. The van der Waals surface area contributed by atoms with Crippen LogP contribution in [-0.4, -0.2) is 35.4 Å². The van der Waals surface area contributed by atoms with E-state index < -0.39 is 11.6 Å². The normalized spacial score (nSPS) is 14.4. The molecule has 2 aromatic rings. The number of aromatic nitrogens is 1. The standard InChI is InChI=1S/C21H26ClN3O4/c1-12(2)8-21(3,23)11-29-16-6-5-13-14-7-18(25(4)20(26)27)24-9-17(14)28-10-15(13)19(16)22/h5-7,9,12H,8,10-11,23H2,1-4H3,(H,26,27)/t21-/m0/s1. The third kappa shape index (κ3) is 4.57. The second-order valence-electron chi connectivity index (χ2n) is 8.11. The number of hydrogen-bond donors (Lipinski definition) is 2. The van der Waals surface area contributed by atoms with Gasteiger partial charge in [0.25, 0.3) is 0 Å². The van der Waals surface area contributed by atoms with Crippen molar-refractivity contribution in [3.05, 3.63) is 35.0 Å². The fourth-order valence-electron chi connectivity index (χ4n) is 3.53. The predicted molar refractivity (Wildman–Crippen MR) is 113 cm³/mol. The third-order valence-corrected chi connectivity index (χ3v) is 5.20. The Morgan fingerprint density at radius 2 is 2.17 bits per heavy atom. The van der Waals surface area contributed by atoms with Crippen LogP contribution in [0.15, 0.2) is 24.4 Å². The number of pyridine rings is 1.